The quantitative estimate of drug-likeness (QED) is 0.550. The molecule has 2 heterocycles. The monoisotopic (exact) mass is 326 g/mol. The molecule has 0 saturated carbocycles. The predicted octanol–water partition coefficient (Wildman–Crippen LogP) is 2.12. The van der Waals surface area contributed by atoms with Crippen LogP contribution in [0.3, 0.4) is 0 Å². The highest BCUT2D eigenvalue weighted by Crippen LogP contribution is 2.16. The summed E-state index contributed by atoms with van der Waals surface area (Å²) in [5.41, 5.74) is 2.10. The largest absolute Gasteiger partial charge is 0.319 e. The number of nitrogens with one attached hydrogen (secondary N) is 2. The highest BCUT2D eigenvalue weighted by molar-refractivity contribution is 6.05. The summed E-state index contributed by atoms with van der Waals surface area (Å²) in [4.78, 5) is 22.2. The molecule has 2 N–H and O–H groups in total. The van der Waals surface area contributed by atoms with Gasteiger partial charge in [0, 0.05) is 6.20 Å². The predicted molar refractivity (Wildman–Crippen MR) is 85.7 cm³/mol. The maximum absolute atomic E-state index is 12.1. The van der Waals surface area contributed by atoms with Gasteiger partial charge in [-0.2, -0.15) is 10.2 Å². The van der Waals surface area contributed by atoms with E-state index >= 15 is 0 Å². The van der Waals surface area contributed by atoms with Crippen LogP contribution in [0.4, 0.5) is 11.4 Å². The zero-order valence-electron chi connectivity index (χ0n) is 12.8. The van der Waals surface area contributed by atoms with E-state index in [1.165, 1.54) is 6.20 Å². The Kier molecular flexibility index (Phi) is 4.06. The first-order valence-corrected chi connectivity index (χ1v) is 7.10. The maximum atomic E-state index is 12.1. The average Bonchev–Trinajstić information content (AvgIpc) is 3.16. The summed E-state index contributed by atoms with van der Waals surface area (Å²) in [6.45, 7) is 2.57. The van der Waals surface area contributed by atoms with Crippen molar-refractivity contribution in [2.24, 2.45) is 0 Å². The van der Waals surface area contributed by atoms with Crippen LogP contribution < -0.4 is 5.32 Å². The molecular weight excluding hydrogens is 312 g/mol. The van der Waals surface area contributed by atoms with Gasteiger partial charge >= 0.3 is 5.69 Å². The number of anilines is 1. The molecule has 122 valence electrons. The minimum absolute atomic E-state index is 0.202. The van der Waals surface area contributed by atoms with Gasteiger partial charge in [-0.05, 0) is 12.5 Å². The third kappa shape index (κ3) is 3.29. The van der Waals surface area contributed by atoms with Crippen molar-refractivity contribution in [1.29, 1.82) is 0 Å². The van der Waals surface area contributed by atoms with Crippen molar-refractivity contribution in [2.45, 2.75) is 13.5 Å². The number of H-pyrrole nitrogens is 1. The molecule has 0 saturated heterocycles. The lowest BCUT2D eigenvalue weighted by molar-refractivity contribution is -0.385. The molecule has 3 aromatic rings. The first kappa shape index (κ1) is 15.4. The molecule has 0 aliphatic heterocycles. The fourth-order valence-corrected chi connectivity index (χ4v) is 2.29. The topological polar surface area (TPSA) is 119 Å². The van der Waals surface area contributed by atoms with E-state index in [2.05, 4.69) is 20.6 Å². The number of aromatic amines is 1. The van der Waals surface area contributed by atoms with Gasteiger partial charge in [-0.3, -0.25) is 24.7 Å². The lowest BCUT2D eigenvalue weighted by Gasteiger charge is -2.03. The van der Waals surface area contributed by atoms with Crippen LogP contribution in [-0.2, 0) is 6.54 Å². The number of amides is 1. The van der Waals surface area contributed by atoms with Gasteiger partial charge in [0.25, 0.3) is 5.91 Å². The number of rotatable bonds is 5. The summed E-state index contributed by atoms with van der Waals surface area (Å²) in [7, 11) is 0. The molecule has 0 fully saturated rings. The number of nitro groups is 1. The summed E-state index contributed by atoms with van der Waals surface area (Å²) in [5.74, 6) is -0.644. The van der Waals surface area contributed by atoms with Crippen molar-refractivity contribution in [3.8, 4) is 0 Å². The Morgan fingerprint density at radius 2 is 2.25 bits per heavy atom. The van der Waals surface area contributed by atoms with Gasteiger partial charge in [0.2, 0.25) is 5.69 Å². The number of hydrogen-bond acceptors (Lipinski definition) is 5. The molecule has 0 aliphatic rings. The van der Waals surface area contributed by atoms with E-state index in [0.29, 0.717) is 12.2 Å². The Morgan fingerprint density at radius 3 is 3.00 bits per heavy atom. The zero-order chi connectivity index (χ0) is 17.1. The molecule has 0 bridgehead atoms. The minimum Gasteiger partial charge on any atom is -0.318 e. The molecule has 0 atom stereocenters. The third-order valence-electron chi connectivity index (χ3n) is 3.36. The van der Waals surface area contributed by atoms with Crippen LogP contribution >= 0.6 is 0 Å². The summed E-state index contributed by atoms with van der Waals surface area (Å²) in [5, 5.41) is 23.4. The van der Waals surface area contributed by atoms with Gasteiger partial charge in [0.15, 0.2) is 0 Å². The minimum atomic E-state index is -0.667. The zero-order valence-corrected chi connectivity index (χ0v) is 12.8. The normalized spacial score (nSPS) is 10.5. The van der Waals surface area contributed by atoms with Gasteiger partial charge in [-0.15, -0.1) is 0 Å². The van der Waals surface area contributed by atoms with Crippen molar-refractivity contribution < 1.29 is 9.72 Å². The number of aromatic nitrogens is 4. The maximum Gasteiger partial charge on any atom is 0.319 e. The summed E-state index contributed by atoms with van der Waals surface area (Å²) in [6, 6.07) is 8.01. The molecule has 1 amide bonds. The van der Waals surface area contributed by atoms with Gasteiger partial charge in [-0.25, -0.2) is 0 Å². The van der Waals surface area contributed by atoms with Gasteiger partial charge in [0.05, 0.1) is 23.4 Å². The number of carbonyl (C=O) groups is 1. The smallest absolute Gasteiger partial charge is 0.318 e. The molecule has 0 unspecified atom stereocenters. The molecule has 3 rings (SSSR count). The van der Waals surface area contributed by atoms with Gasteiger partial charge in [0.1, 0.15) is 6.20 Å². The van der Waals surface area contributed by atoms with Crippen LogP contribution in [0.1, 0.15) is 21.6 Å². The lowest BCUT2D eigenvalue weighted by atomic mass is 10.1. The molecule has 2 aromatic heterocycles. The fourth-order valence-electron chi connectivity index (χ4n) is 2.29. The Bertz CT molecular complexity index is 898. The molecule has 9 nitrogen and oxygen atoms in total. The number of nitrogens with zero attached hydrogens (tertiary/aromatic N) is 4. The molecule has 24 heavy (non-hydrogen) atoms. The van der Waals surface area contributed by atoms with Crippen LogP contribution in [0.2, 0.25) is 0 Å². The van der Waals surface area contributed by atoms with Crippen molar-refractivity contribution in [3.05, 3.63) is 69.8 Å². The van der Waals surface area contributed by atoms with Crippen molar-refractivity contribution in [3.63, 3.8) is 0 Å². The Labute approximate surface area is 136 Å². The highest BCUT2D eigenvalue weighted by Gasteiger charge is 2.23. The Hall–Kier alpha value is -3.49. The number of carbonyl (C=O) groups excluding carboxylic acids is 1. The van der Waals surface area contributed by atoms with Crippen LogP contribution in [0.5, 0.6) is 0 Å². The molecule has 1 aromatic carbocycles. The highest BCUT2D eigenvalue weighted by atomic mass is 16.6. The van der Waals surface area contributed by atoms with E-state index in [9.17, 15) is 14.9 Å². The second-order valence-electron chi connectivity index (χ2n) is 5.26. The SMILES string of the molecule is Cc1cccc(Cn2cc(NC(=O)c3[nH]ncc3[N+](=O)[O-])cn2)c1. The van der Waals surface area contributed by atoms with E-state index in [1.807, 2.05) is 31.2 Å². The second-order valence-corrected chi connectivity index (χ2v) is 5.26. The van der Waals surface area contributed by atoms with Crippen LogP contribution in [-0.4, -0.2) is 30.8 Å². The van der Waals surface area contributed by atoms with Crippen LogP contribution in [0, 0.1) is 17.0 Å². The molecule has 0 aliphatic carbocycles. The van der Waals surface area contributed by atoms with E-state index in [1.54, 1.807) is 10.9 Å². The summed E-state index contributed by atoms with van der Waals surface area (Å²) >= 11 is 0. The number of aryl methyl sites for hydroxylation is 1. The second kappa shape index (κ2) is 6.32. The van der Waals surface area contributed by atoms with E-state index in [0.717, 1.165) is 17.3 Å². The average molecular weight is 326 g/mol. The summed E-state index contributed by atoms with van der Waals surface area (Å²) < 4.78 is 1.67. The first-order valence-electron chi connectivity index (χ1n) is 7.10. The third-order valence-corrected chi connectivity index (χ3v) is 3.36. The molecule has 0 radical (unpaired) electrons. The Morgan fingerprint density at radius 1 is 1.42 bits per heavy atom. The number of hydrogen-bond donors (Lipinski definition) is 2. The Balaban J connectivity index is 1.71. The van der Waals surface area contributed by atoms with Crippen LogP contribution in [0.25, 0.3) is 0 Å². The van der Waals surface area contributed by atoms with Crippen molar-refractivity contribution in [1.82, 2.24) is 20.0 Å². The molecule has 0 spiro atoms. The fraction of sp³-hybridized carbons (Fsp3) is 0.133. The first-order chi connectivity index (χ1) is 11.5. The van der Waals surface area contributed by atoms with Crippen molar-refractivity contribution in [2.75, 3.05) is 5.32 Å². The van der Waals surface area contributed by atoms with Crippen LogP contribution in [0.15, 0.2) is 42.9 Å². The summed E-state index contributed by atoms with van der Waals surface area (Å²) in [6.07, 6.45) is 4.13. The lowest BCUT2D eigenvalue weighted by Crippen LogP contribution is -2.13. The van der Waals surface area contributed by atoms with E-state index in [4.69, 9.17) is 0 Å². The van der Waals surface area contributed by atoms with Gasteiger partial charge in [-0.1, -0.05) is 29.8 Å². The number of benzene rings is 1. The van der Waals surface area contributed by atoms with E-state index in [-0.39, 0.29) is 11.4 Å². The van der Waals surface area contributed by atoms with Crippen molar-refractivity contribution >= 4 is 17.3 Å². The van der Waals surface area contributed by atoms with Gasteiger partial charge < -0.3 is 5.32 Å². The van der Waals surface area contributed by atoms with E-state index < -0.39 is 10.8 Å². The molecule has 9 heteroatoms. The standard InChI is InChI=1S/C15H14N6O3/c1-10-3-2-4-11(5-10)8-20-9-12(6-17-20)18-15(22)14-13(21(23)24)7-16-19-14/h2-7,9H,8H2,1H3,(H,16,19)(H,18,22). The molecular formula is C15H14N6O3.